The van der Waals surface area contributed by atoms with Gasteiger partial charge in [0.25, 0.3) is 0 Å². The highest BCUT2D eigenvalue weighted by Gasteiger charge is 2.27. The van der Waals surface area contributed by atoms with Crippen LogP contribution in [-0.2, 0) is 11.2 Å². The van der Waals surface area contributed by atoms with Crippen molar-refractivity contribution in [2.24, 2.45) is 0 Å². The van der Waals surface area contributed by atoms with Gasteiger partial charge < -0.3 is 4.90 Å². The van der Waals surface area contributed by atoms with Gasteiger partial charge in [-0.15, -0.1) is 0 Å². The molecule has 0 aliphatic heterocycles. The van der Waals surface area contributed by atoms with Crippen molar-refractivity contribution >= 4 is 21.8 Å². The molecule has 98 valence electrons. The molecule has 0 radical (unpaired) electrons. The van der Waals surface area contributed by atoms with Gasteiger partial charge in [-0.25, -0.2) is 0 Å². The lowest BCUT2D eigenvalue weighted by Gasteiger charge is -2.37. The van der Waals surface area contributed by atoms with Crippen molar-refractivity contribution in [2.45, 2.75) is 38.6 Å². The first-order valence-corrected chi connectivity index (χ1v) is 7.74. The minimum atomic E-state index is 0.268. The molecule has 0 N–H and O–H groups in total. The van der Waals surface area contributed by atoms with Gasteiger partial charge in [-0.1, -0.05) is 45.8 Å². The van der Waals surface area contributed by atoms with Crippen molar-refractivity contribution in [3.63, 3.8) is 0 Å². The molecule has 2 rings (SSSR count). The highest BCUT2D eigenvalue weighted by atomic mass is 79.9. The van der Waals surface area contributed by atoms with Crippen LogP contribution >= 0.6 is 15.9 Å². The van der Waals surface area contributed by atoms with Gasteiger partial charge in [0.1, 0.15) is 0 Å². The standard InChI is InChI=1S/C15H20BrNO/c1-12-4-2-5-13(10-12)11-15(18)17(9-8-16)14-6-3-7-14/h2,4-5,10,14H,3,6-9,11H2,1H3. The van der Waals surface area contributed by atoms with Crippen LogP contribution in [0.25, 0.3) is 0 Å². The lowest BCUT2D eigenvalue weighted by Crippen LogP contribution is -2.45. The van der Waals surface area contributed by atoms with Crippen LogP contribution in [0.5, 0.6) is 0 Å². The van der Waals surface area contributed by atoms with E-state index in [2.05, 4.69) is 39.9 Å². The van der Waals surface area contributed by atoms with Crippen LogP contribution in [0, 0.1) is 6.92 Å². The molecule has 0 spiro atoms. The maximum atomic E-state index is 12.4. The van der Waals surface area contributed by atoms with E-state index in [9.17, 15) is 4.79 Å². The zero-order valence-corrected chi connectivity index (χ0v) is 12.4. The molecule has 0 atom stereocenters. The van der Waals surface area contributed by atoms with E-state index in [1.807, 2.05) is 12.1 Å². The summed E-state index contributed by atoms with van der Waals surface area (Å²) in [6.07, 6.45) is 4.14. The molecule has 0 aromatic heterocycles. The molecule has 1 fully saturated rings. The van der Waals surface area contributed by atoms with Gasteiger partial charge in [0.05, 0.1) is 6.42 Å². The van der Waals surface area contributed by atoms with E-state index in [1.165, 1.54) is 24.8 Å². The number of amides is 1. The first kappa shape index (κ1) is 13.6. The minimum Gasteiger partial charge on any atom is -0.339 e. The molecule has 0 bridgehead atoms. The number of hydrogen-bond donors (Lipinski definition) is 0. The highest BCUT2D eigenvalue weighted by Crippen LogP contribution is 2.25. The van der Waals surface area contributed by atoms with Crippen molar-refractivity contribution in [3.8, 4) is 0 Å². The summed E-state index contributed by atoms with van der Waals surface area (Å²) in [5, 5.41) is 0.864. The van der Waals surface area contributed by atoms with Crippen molar-refractivity contribution in [3.05, 3.63) is 35.4 Å². The number of carbonyl (C=O) groups is 1. The van der Waals surface area contributed by atoms with E-state index in [0.29, 0.717) is 12.5 Å². The van der Waals surface area contributed by atoms with Crippen LogP contribution in [0.15, 0.2) is 24.3 Å². The van der Waals surface area contributed by atoms with Crippen LogP contribution in [0.3, 0.4) is 0 Å². The Morgan fingerprint density at radius 3 is 2.78 bits per heavy atom. The smallest absolute Gasteiger partial charge is 0.227 e. The Kier molecular flexibility index (Phi) is 4.81. The molecule has 1 aliphatic rings. The number of rotatable bonds is 5. The third kappa shape index (κ3) is 3.35. The lowest BCUT2D eigenvalue weighted by molar-refractivity contribution is -0.134. The molecule has 0 saturated heterocycles. The molecule has 1 saturated carbocycles. The summed E-state index contributed by atoms with van der Waals surface area (Å²) in [7, 11) is 0. The fourth-order valence-electron chi connectivity index (χ4n) is 2.40. The zero-order chi connectivity index (χ0) is 13.0. The topological polar surface area (TPSA) is 20.3 Å². The Labute approximate surface area is 117 Å². The van der Waals surface area contributed by atoms with Crippen LogP contribution in [0.4, 0.5) is 0 Å². The molecule has 1 aromatic rings. The summed E-state index contributed by atoms with van der Waals surface area (Å²) in [4.78, 5) is 14.4. The second-order valence-electron chi connectivity index (χ2n) is 5.03. The van der Waals surface area contributed by atoms with E-state index < -0.39 is 0 Å². The number of nitrogens with zero attached hydrogens (tertiary/aromatic N) is 1. The van der Waals surface area contributed by atoms with Crippen LogP contribution in [-0.4, -0.2) is 28.7 Å². The van der Waals surface area contributed by atoms with E-state index in [4.69, 9.17) is 0 Å². The Balaban J connectivity index is 2.00. The predicted octanol–water partition coefficient (Wildman–Crippen LogP) is 3.31. The Bertz CT molecular complexity index is 415. The SMILES string of the molecule is Cc1cccc(CC(=O)N(CCBr)C2CCC2)c1. The van der Waals surface area contributed by atoms with Crippen LogP contribution < -0.4 is 0 Å². The summed E-state index contributed by atoms with van der Waals surface area (Å²) in [5.41, 5.74) is 2.34. The van der Waals surface area contributed by atoms with E-state index in [-0.39, 0.29) is 5.91 Å². The molecule has 0 unspecified atom stereocenters. The quantitative estimate of drug-likeness (QED) is 0.764. The fourth-order valence-corrected chi connectivity index (χ4v) is 2.78. The maximum Gasteiger partial charge on any atom is 0.227 e. The average molecular weight is 310 g/mol. The third-order valence-corrected chi connectivity index (χ3v) is 3.95. The van der Waals surface area contributed by atoms with Gasteiger partial charge in [-0.2, -0.15) is 0 Å². The Hall–Kier alpha value is -0.830. The number of hydrogen-bond acceptors (Lipinski definition) is 1. The molecular weight excluding hydrogens is 290 g/mol. The monoisotopic (exact) mass is 309 g/mol. The van der Waals surface area contributed by atoms with E-state index in [1.54, 1.807) is 0 Å². The Morgan fingerprint density at radius 2 is 2.22 bits per heavy atom. The second-order valence-corrected chi connectivity index (χ2v) is 5.82. The largest absolute Gasteiger partial charge is 0.339 e. The van der Waals surface area contributed by atoms with Crippen molar-refractivity contribution in [1.82, 2.24) is 4.90 Å². The van der Waals surface area contributed by atoms with Gasteiger partial charge in [0.2, 0.25) is 5.91 Å². The third-order valence-electron chi connectivity index (χ3n) is 3.60. The first-order valence-electron chi connectivity index (χ1n) is 6.61. The van der Waals surface area contributed by atoms with E-state index >= 15 is 0 Å². The maximum absolute atomic E-state index is 12.4. The van der Waals surface area contributed by atoms with Gasteiger partial charge in [0.15, 0.2) is 0 Å². The number of benzene rings is 1. The molecule has 3 heteroatoms. The van der Waals surface area contributed by atoms with Crippen LogP contribution in [0.2, 0.25) is 0 Å². The number of alkyl halides is 1. The molecular formula is C15H20BrNO. The average Bonchev–Trinajstić information content (AvgIpc) is 2.26. The van der Waals surface area contributed by atoms with Gasteiger partial charge in [-0.3, -0.25) is 4.79 Å². The fraction of sp³-hybridized carbons (Fsp3) is 0.533. The lowest BCUT2D eigenvalue weighted by atomic mass is 9.91. The summed E-state index contributed by atoms with van der Waals surface area (Å²) in [5.74, 6) is 0.268. The normalized spacial score (nSPS) is 15.2. The van der Waals surface area contributed by atoms with Gasteiger partial charge in [-0.05, 0) is 31.7 Å². The summed E-state index contributed by atoms with van der Waals surface area (Å²) in [6, 6.07) is 8.72. The molecule has 18 heavy (non-hydrogen) atoms. The van der Waals surface area contributed by atoms with E-state index in [0.717, 1.165) is 17.4 Å². The number of carbonyl (C=O) groups excluding carboxylic acids is 1. The van der Waals surface area contributed by atoms with Crippen molar-refractivity contribution < 1.29 is 4.79 Å². The predicted molar refractivity (Wildman–Crippen MR) is 78.0 cm³/mol. The summed E-state index contributed by atoms with van der Waals surface area (Å²) < 4.78 is 0. The Morgan fingerprint density at radius 1 is 1.44 bits per heavy atom. The number of aryl methyl sites for hydroxylation is 1. The molecule has 1 aromatic carbocycles. The van der Waals surface area contributed by atoms with Crippen molar-refractivity contribution in [2.75, 3.05) is 11.9 Å². The summed E-state index contributed by atoms with van der Waals surface area (Å²) >= 11 is 3.44. The van der Waals surface area contributed by atoms with Gasteiger partial charge in [0, 0.05) is 17.9 Å². The first-order chi connectivity index (χ1) is 8.70. The zero-order valence-electron chi connectivity index (χ0n) is 10.9. The summed E-state index contributed by atoms with van der Waals surface area (Å²) in [6.45, 7) is 2.89. The second kappa shape index (κ2) is 6.37. The molecule has 0 heterocycles. The minimum absolute atomic E-state index is 0.268. The van der Waals surface area contributed by atoms with Crippen LogP contribution in [0.1, 0.15) is 30.4 Å². The highest BCUT2D eigenvalue weighted by molar-refractivity contribution is 9.09. The molecule has 1 amide bonds. The van der Waals surface area contributed by atoms with Gasteiger partial charge >= 0.3 is 0 Å². The number of halogens is 1. The molecule has 2 nitrogen and oxygen atoms in total. The molecule has 1 aliphatic carbocycles. The van der Waals surface area contributed by atoms with Crippen molar-refractivity contribution in [1.29, 1.82) is 0 Å².